The third-order valence-corrected chi connectivity index (χ3v) is 6.66. The van der Waals surface area contributed by atoms with Crippen LogP contribution in [0.1, 0.15) is 51.1 Å². The molecular weight excluding hydrogens is 459 g/mol. The van der Waals surface area contributed by atoms with Crippen LogP contribution < -0.4 is 10.2 Å². The average molecular weight is 485 g/mol. The lowest BCUT2D eigenvalue weighted by Gasteiger charge is -2.37. The van der Waals surface area contributed by atoms with Crippen LogP contribution in [0.2, 0.25) is 10.0 Å². The predicted octanol–water partition coefficient (Wildman–Crippen LogP) is 6.81. The highest BCUT2D eigenvalue weighted by Gasteiger charge is 2.44. The molecule has 1 amide bonds. The number of hydrogen-bond donors (Lipinski definition) is 2. The molecule has 1 heterocycles. The van der Waals surface area contributed by atoms with Gasteiger partial charge in [0.2, 0.25) is 5.91 Å². The highest BCUT2D eigenvalue weighted by molar-refractivity contribution is 6.35. The summed E-state index contributed by atoms with van der Waals surface area (Å²) in [7, 11) is 0. The molecule has 5 nitrogen and oxygen atoms in total. The number of phenols is 1. The Labute approximate surface area is 203 Å². The van der Waals surface area contributed by atoms with Crippen LogP contribution in [0.4, 0.5) is 11.4 Å². The van der Waals surface area contributed by atoms with E-state index in [9.17, 15) is 14.7 Å². The standard InChI is InChI=1S/C26H26Cl2N2O3/c1-4-5-9-22(33)30-19-7-6-8-20(31)24(19)29-18-13-26(2,3)14-21(32)23(18)25(30)16-11-10-15(27)12-17(16)28/h4,6-8,10-12,25,29,31H,1,5,9,13-14H2,2-3H3. The lowest BCUT2D eigenvalue weighted by molar-refractivity contribution is -0.119. The summed E-state index contributed by atoms with van der Waals surface area (Å²) < 4.78 is 0. The first-order valence-electron chi connectivity index (χ1n) is 10.9. The molecule has 2 aliphatic rings. The van der Waals surface area contributed by atoms with Crippen molar-refractivity contribution in [2.75, 3.05) is 10.2 Å². The number of nitrogens with zero attached hydrogens (tertiary/aromatic N) is 1. The molecule has 7 heteroatoms. The number of anilines is 2. The SMILES string of the molecule is C=CCCC(=O)N1c2cccc(O)c2NC2=C(C(=O)CC(C)(C)C2)C1c1ccc(Cl)cc1Cl. The molecular formula is C26H26Cl2N2O3. The van der Waals surface area contributed by atoms with Crippen molar-refractivity contribution in [1.82, 2.24) is 0 Å². The van der Waals surface area contributed by atoms with Gasteiger partial charge in [-0.3, -0.25) is 14.5 Å². The van der Waals surface area contributed by atoms with Crippen molar-refractivity contribution >= 4 is 46.3 Å². The van der Waals surface area contributed by atoms with Crippen molar-refractivity contribution < 1.29 is 14.7 Å². The van der Waals surface area contributed by atoms with Gasteiger partial charge >= 0.3 is 0 Å². The van der Waals surface area contributed by atoms with Gasteiger partial charge in [0.15, 0.2) is 5.78 Å². The molecule has 1 atom stereocenters. The lowest BCUT2D eigenvalue weighted by Crippen LogP contribution is -2.39. The quantitative estimate of drug-likeness (QED) is 0.369. The minimum Gasteiger partial charge on any atom is -0.506 e. The van der Waals surface area contributed by atoms with E-state index in [0.29, 0.717) is 57.5 Å². The molecule has 1 aliphatic heterocycles. The van der Waals surface area contributed by atoms with Crippen LogP contribution in [0.3, 0.4) is 0 Å². The van der Waals surface area contributed by atoms with E-state index in [4.69, 9.17) is 23.2 Å². The molecule has 0 saturated heterocycles. The lowest BCUT2D eigenvalue weighted by atomic mass is 9.73. The van der Waals surface area contributed by atoms with Gasteiger partial charge in [0.1, 0.15) is 11.4 Å². The van der Waals surface area contributed by atoms with Crippen LogP contribution in [0.15, 0.2) is 60.3 Å². The Morgan fingerprint density at radius 1 is 1.27 bits per heavy atom. The van der Waals surface area contributed by atoms with Gasteiger partial charge in [0.05, 0.1) is 11.7 Å². The fraction of sp³-hybridized carbons (Fsp3) is 0.308. The number of phenolic OH excluding ortho intramolecular Hbond substituents is 1. The number of carbonyl (C=O) groups is 2. The zero-order valence-corrected chi connectivity index (χ0v) is 20.1. The number of allylic oxidation sites excluding steroid dienone is 2. The Morgan fingerprint density at radius 3 is 2.73 bits per heavy atom. The first-order valence-corrected chi connectivity index (χ1v) is 11.6. The van der Waals surface area contributed by atoms with E-state index < -0.39 is 6.04 Å². The fourth-order valence-electron chi connectivity index (χ4n) is 4.68. The van der Waals surface area contributed by atoms with E-state index in [2.05, 4.69) is 11.9 Å². The second kappa shape index (κ2) is 8.88. The van der Waals surface area contributed by atoms with Crippen LogP contribution >= 0.6 is 23.2 Å². The van der Waals surface area contributed by atoms with Crippen LogP contribution in [0.5, 0.6) is 5.75 Å². The smallest absolute Gasteiger partial charge is 0.228 e. The molecule has 2 aromatic carbocycles. The average Bonchev–Trinajstić information content (AvgIpc) is 2.86. The summed E-state index contributed by atoms with van der Waals surface area (Å²) >= 11 is 12.8. The monoisotopic (exact) mass is 484 g/mol. The molecule has 1 unspecified atom stereocenters. The van der Waals surface area contributed by atoms with Crippen LogP contribution in [0.25, 0.3) is 0 Å². The summed E-state index contributed by atoms with van der Waals surface area (Å²) in [5.74, 6) is -0.260. The molecule has 0 fully saturated rings. The number of amides is 1. The number of hydrogen-bond acceptors (Lipinski definition) is 4. The van der Waals surface area contributed by atoms with Gasteiger partial charge in [0.25, 0.3) is 0 Å². The normalized spacial score (nSPS) is 19.3. The number of benzene rings is 2. The Morgan fingerprint density at radius 2 is 2.03 bits per heavy atom. The Kier molecular flexibility index (Phi) is 6.30. The van der Waals surface area contributed by atoms with Crippen molar-refractivity contribution in [2.45, 2.75) is 45.6 Å². The summed E-state index contributed by atoms with van der Waals surface area (Å²) in [4.78, 5) is 28.8. The van der Waals surface area contributed by atoms with Crippen LogP contribution in [-0.2, 0) is 9.59 Å². The molecule has 2 aromatic rings. The zero-order chi connectivity index (χ0) is 23.9. The molecule has 0 aromatic heterocycles. The molecule has 172 valence electrons. The molecule has 4 rings (SSSR count). The molecule has 2 N–H and O–H groups in total. The maximum Gasteiger partial charge on any atom is 0.228 e. The summed E-state index contributed by atoms with van der Waals surface area (Å²) in [5.41, 5.74) is 2.39. The number of fused-ring (bicyclic) bond motifs is 1. The largest absolute Gasteiger partial charge is 0.506 e. The summed E-state index contributed by atoms with van der Waals surface area (Å²) in [6, 6.07) is 9.32. The number of halogens is 2. The van der Waals surface area contributed by atoms with E-state index in [1.165, 1.54) is 0 Å². The van der Waals surface area contributed by atoms with Crippen molar-refractivity contribution in [3.05, 3.63) is 75.9 Å². The van der Waals surface area contributed by atoms with Crippen LogP contribution in [0, 0.1) is 5.41 Å². The second-order valence-corrected chi connectivity index (χ2v) is 10.1. The number of Topliss-reactive ketones (excluding diaryl/α,β-unsaturated/α-hetero) is 1. The predicted molar refractivity (Wildman–Crippen MR) is 133 cm³/mol. The maximum atomic E-state index is 13.6. The molecule has 0 bridgehead atoms. The Balaban J connectivity index is 2.04. The topological polar surface area (TPSA) is 69.6 Å². The molecule has 1 aliphatic carbocycles. The van der Waals surface area contributed by atoms with Gasteiger partial charge in [-0.1, -0.05) is 55.3 Å². The first-order chi connectivity index (χ1) is 15.6. The Hall–Kier alpha value is -2.76. The van der Waals surface area contributed by atoms with E-state index in [1.807, 2.05) is 13.8 Å². The maximum absolute atomic E-state index is 13.6. The highest BCUT2D eigenvalue weighted by Crippen LogP contribution is 2.51. The van der Waals surface area contributed by atoms with Gasteiger partial charge < -0.3 is 10.4 Å². The molecule has 0 radical (unpaired) electrons. The molecule has 33 heavy (non-hydrogen) atoms. The zero-order valence-electron chi connectivity index (χ0n) is 18.6. The van der Waals surface area contributed by atoms with Crippen molar-refractivity contribution in [3.8, 4) is 5.75 Å². The Bertz CT molecular complexity index is 1190. The van der Waals surface area contributed by atoms with E-state index in [1.54, 1.807) is 47.4 Å². The third-order valence-electron chi connectivity index (χ3n) is 6.10. The number of aromatic hydroxyl groups is 1. The minimum atomic E-state index is -0.763. The van der Waals surface area contributed by atoms with Gasteiger partial charge in [-0.25, -0.2) is 0 Å². The van der Waals surface area contributed by atoms with E-state index in [-0.39, 0.29) is 29.3 Å². The van der Waals surface area contributed by atoms with Gasteiger partial charge in [-0.2, -0.15) is 0 Å². The number of ketones is 1. The van der Waals surface area contributed by atoms with Crippen LogP contribution in [-0.4, -0.2) is 16.8 Å². The van der Waals surface area contributed by atoms with Crippen molar-refractivity contribution in [1.29, 1.82) is 0 Å². The number of carbonyl (C=O) groups excluding carboxylic acids is 2. The van der Waals surface area contributed by atoms with Gasteiger partial charge in [-0.15, -0.1) is 6.58 Å². The van der Waals surface area contributed by atoms with Crippen molar-refractivity contribution in [3.63, 3.8) is 0 Å². The highest BCUT2D eigenvalue weighted by atomic mass is 35.5. The second-order valence-electron chi connectivity index (χ2n) is 9.29. The molecule has 0 saturated carbocycles. The summed E-state index contributed by atoms with van der Waals surface area (Å²) in [6.07, 6.45) is 3.28. The minimum absolute atomic E-state index is 0.000415. The number of para-hydroxylation sites is 1. The first kappa shape index (κ1) is 23.4. The van der Waals surface area contributed by atoms with Gasteiger partial charge in [-0.05, 0) is 48.1 Å². The van der Waals surface area contributed by atoms with Gasteiger partial charge in [0, 0.05) is 34.2 Å². The van der Waals surface area contributed by atoms with E-state index >= 15 is 0 Å². The summed E-state index contributed by atoms with van der Waals surface area (Å²) in [5, 5.41) is 14.9. The summed E-state index contributed by atoms with van der Waals surface area (Å²) in [6.45, 7) is 7.79. The van der Waals surface area contributed by atoms with E-state index in [0.717, 1.165) is 0 Å². The van der Waals surface area contributed by atoms with Crippen molar-refractivity contribution in [2.24, 2.45) is 5.41 Å². The fourth-order valence-corrected chi connectivity index (χ4v) is 5.19. The molecule has 0 spiro atoms. The third kappa shape index (κ3) is 4.40. The number of nitrogens with one attached hydrogen (secondary N) is 1. The number of rotatable bonds is 4.